The maximum atomic E-state index is 11.5. The SMILES string of the molecule is COC(=O)[C@@H]1[C@H]2CCC(O)/C=C\[C@H]3N[C@@]213. The van der Waals surface area contributed by atoms with E-state index in [0.29, 0.717) is 5.92 Å². The Balaban J connectivity index is 1.80. The van der Waals surface area contributed by atoms with E-state index in [1.807, 2.05) is 12.2 Å². The molecule has 0 amide bonds. The molecule has 1 heterocycles. The molecule has 1 aliphatic heterocycles. The van der Waals surface area contributed by atoms with E-state index in [9.17, 15) is 9.90 Å². The Morgan fingerprint density at radius 3 is 3.07 bits per heavy atom. The van der Waals surface area contributed by atoms with E-state index in [0.717, 1.165) is 12.8 Å². The van der Waals surface area contributed by atoms with Crippen LogP contribution in [-0.4, -0.2) is 35.9 Å². The molecule has 15 heavy (non-hydrogen) atoms. The second-order valence-corrected chi connectivity index (χ2v) is 4.69. The van der Waals surface area contributed by atoms with Crippen LogP contribution >= 0.6 is 0 Å². The van der Waals surface area contributed by atoms with Crippen LogP contribution in [0.15, 0.2) is 12.2 Å². The molecule has 4 nitrogen and oxygen atoms in total. The van der Waals surface area contributed by atoms with Gasteiger partial charge >= 0.3 is 5.97 Å². The number of nitrogens with one attached hydrogen (secondary N) is 1. The van der Waals surface area contributed by atoms with Crippen LogP contribution in [0, 0.1) is 11.8 Å². The molecule has 1 saturated heterocycles. The molecule has 1 saturated carbocycles. The Hall–Kier alpha value is -0.870. The zero-order valence-corrected chi connectivity index (χ0v) is 8.64. The van der Waals surface area contributed by atoms with Gasteiger partial charge in [0.2, 0.25) is 0 Å². The van der Waals surface area contributed by atoms with Gasteiger partial charge in [0, 0.05) is 6.04 Å². The van der Waals surface area contributed by atoms with Gasteiger partial charge < -0.3 is 15.2 Å². The number of methoxy groups -OCH3 is 1. The number of rotatable bonds is 1. The zero-order valence-electron chi connectivity index (χ0n) is 8.64. The fourth-order valence-electron chi connectivity index (χ4n) is 3.12. The van der Waals surface area contributed by atoms with E-state index in [1.165, 1.54) is 7.11 Å². The van der Waals surface area contributed by atoms with Crippen molar-refractivity contribution in [2.45, 2.75) is 30.5 Å². The summed E-state index contributed by atoms with van der Waals surface area (Å²) >= 11 is 0. The molecule has 3 rings (SSSR count). The lowest BCUT2D eigenvalue weighted by Crippen LogP contribution is -2.09. The van der Waals surface area contributed by atoms with E-state index < -0.39 is 0 Å². The predicted octanol–water partition coefficient (Wildman–Crippen LogP) is -0.173. The average Bonchev–Trinajstić information content (AvgIpc) is 3.09. The van der Waals surface area contributed by atoms with E-state index >= 15 is 0 Å². The van der Waals surface area contributed by atoms with E-state index in [1.54, 1.807) is 0 Å². The average molecular weight is 209 g/mol. The molecule has 4 heteroatoms. The first kappa shape index (κ1) is 9.36. The summed E-state index contributed by atoms with van der Waals surface area (Å²) in [6, 6.07) is 0.265. The summed E-state index contributed by atoms with van der Waals surface area (Å²) in [4.78, 5) is 11.5. The molecule has 0 radical (unpaired) electrons. The summed E-state index contributed by atoms with van der Waals surface area (Å²) in [6.07, 6.45) is 5.10. The number of hydrogen-bond acceptors (Lipinski definition) is 4. The largest absolute Gasteiger partial charge is 0.469 e. The van der Waals surface area contributed by atoms with Crippen molar-refractivity contribution in [2.75, 3.05) is 7.11 Å². The van der Waals surface area contributed by atoms with Crippen LogP contribution in [0.3, 0.4) is 0 Å². The Bertz CT molecular complexity index is 341. The van der Waals surface area contributed by atoms with Crippen molar-refractivity contribution in [3.8, 4) is 0 Å². The van der Waals surface area contributed by atoms with Gasteiger partial charge in [-0.3, -0.25) is 4.79 Å². The molecule has 3 aliphatic rings. The standard InChI is InChI=1S/C11H15NO3/c1-15-10(14)9-7-4-2-6(13)3-5-8-11(7,9)12-8/h3,5-9,12-13H,2,4H2,1H3/b5-3-/t6?,7-,8-,9+,11-/m1/s1. The predicted molar refractivity (Wildman–Crippen MR) is 53.0 cm³/mol. The maximum absolute atomic E-state index is 11.5. The van der Waals surface area contributed by atoms with Crippen molar-refractivity contribution in [2.24, 2.45) is 11.8 Å². The molecule has 2 N–H and O–H groups in total. The Kier molecular flexibility index (Phi) is 1.77. The number of carbonyl (C=O) groups is 1. The van der Waals surface area contributed by atoms with E-state index in [4.69, 9.17) is 4.74 Å². The molecule has 2 aliphatic carbocycles. The molecule has 1 spiro atoms. The molecule has 82 valence electrons. The molecule has 5 atom stereocenters. The summed E-state index contributed by atoms with van der Waals surface area (Å²) in [5, 5.41) is 12.9. The minimum atomic E-state index is -0.357. The summed E-state index contributed by atoms with van der Waals surface area (Å²) in [5.41, 5.74) is -0.0102. The highest BCUT2D eigenvalue weighted by Gasteiger charge is 2.80. The van der Waals surface area contributed by atoms with Crippen LogP contribution in [0.5, 0.6) is 0 Å². The van der Waals surface area contributed by atoms with E-state index in [2.05, 4.69) is 5.32 Å². The second kappa shape index (κ2) is 2.83. The second-order valence-electron chi connectivity index (χ2n) is 4.69. The first-order valence-corrected chi connectivity index (χ1v) is 5.42. The minimum Gasteiger partial charge on any atom is -0.469 e. The molecule has 0 aromatic heterocycles. The first-order valence-electron chi connectivity index (χ1n) is 5.42. The quantitative estimate of drug-likeness (QED) is 0.357. The molecule has 1 unspecified atom stereocenters. The minimum absolute atomic E-state index is 0.00227. The van der Waals surface area contributed by atoms with Crippen LogP contribution < -0.4 is 5.32 Å². The van der Waals surface area contributed by atoms with Crippen LogP contribution in [0.25, 0.3) is 0 Å². The van der Waals surface area contributed by atoms with Gasteiger partial charge in [-0.05, 0) is 18.8 Å². The molecule has 0 aromatic carbocycles. The van der Waals surface area contributed by atoms with Gasteiger partial charge in [0.15, 0.2) is 0 Å². The third-order valence-electron chi connectivity index (χ3n) is 4.01. The van der Waals surface area contributed by atoms with Gasteiger partial charge in [-0.2, -0.15) is 0 Å². The van der Waals surface area contributed by atoms with Gasteiger partial charge in [0.1, 0.15) is 0 Å². The van der Waals surface area contributed by atoms with Crippen LogP contribution in [0.2, 0.25) is 0 Å². The number of esters is 1. The molecule has 0 bridgehead atoms. The number of ether oxygens (including phenoxy) is 1. The van der Waals surface area contributed by atoms with E-state index in [-0.39, 0.29) is 29.6 Å². The normalized spacial score (nSPS) is 52.9. The molecule has 0 aromatic rings. The number of carbonyl (C=O) groups excluding carboxylic acids is 1. The molecule has 2 fully saturated rings. The van der Waals surface area contributed by atoms with Gasteiger partial charge in [0.05, 0.1) is 24.7 Å². The van der Waals surface area contributed by atoms with Crippen molar-refractivity contribution in [1.82, 2.24) is 5.32 Å². The van der Waals surface area contributed by atoms with Gasteiger partial charge in [-0.15, -0.1) is 0 Å². The van der Waals surface area contributed by atoms with Crippen LogP contribution in [0.4, 0.5) is 0 Å². The van der Waals surface area contributed by atoms with Crippen molar-refractivity contribution < 1.29 is 14.6 Å². The summed E-state index contributed by atoms with van der Waals surface area (Å²) in [5.74, 6) is 0.247. The van der Waals surface area contributed by atoms with Crippen molar-refractivity contribution in [1.29, 1.82) is 0 Å². The van der Waals surface area contributed by atoms with Crippen molar-refractivity contribution >= 4 is 5.97 Å². The lowest BCUT2D eigenvalue weighted by atomic mass is 10.0. The van der Waals surface area contributed by atoms with Crippen molar-refractivity contribution in [3.63, 3.8) is 0 Å². The van der Waals surface area contributed by atoms with Crippen LogP contribution in [-0.2, 0) is 9.53 Å². The topological polar surface area (TPSA) is 68.5 Å². The highest BCUT2D eigenvalue weighted by atomic mass is 16.5. The first-order chi connectivity index (χ1) is 7.20. The zero-order chi connectivity index (χ0) is 10.6. The lowest BCUT2D eigenvalue weighted by Gasteiger charge is -2.05. The van der Waals surface area contributed by atoms with Gasteiger partial charge in [-0.25, -0.2) is 0 Å². The Labute approximate surface area is 88.3 Å². The Morgan fingerprint density at radius 1 is 1.53 bits per heavy atom. The third-order valence-corrected chi connectivity index (χ3v) is 4.01. The fraction of sp³-hybridized carbons (Fsp3) is 0.727. The summed E-state index contributed by atoms with van der Waals surface area (Å²) in [6.45, 7) is 0. The van der Waals surface area contributed by atoms with Crippen molar-refractivity contribution in [3.05, 3.63) is 12.2 Å². The lowest BCUT2D eigenvalue weighted by molar-refractivity contribution is -0.142. The fourth-order valence-corrected chi connectivity index (χ4v) is 3.12. The van der Waals surface area contributed by atoms with Gasteiger partial charge in [0.25, 0.3) is 0 Å². The smallest absolute Gasteiger partial charge is 0.310 e. The van der Waals surface area contributed by atoms with Gasteiger partial charge in [-0.1, -0.05) is 12.2 Å². The summed E-state index contributed by atoms with van der Waals surface area (Å²) in [7, 11) is 1.44. The number of aliphatic hydroxyl groups excluding tert-OH is 1. The third kappa shape index (κ3) is 1.12. The number of aliphatic hydroxyl groups is 1. The molecular formula is C11H15NO3. The summed E-state index contributed by atoms with van der Waals surface area (Å²) < 4.78 is 4.80. The highest BCUT2D eigenvalue weighted by Crippen LogP contribution is 2.64. The number of hydrogen-bond donors (Lipinski definition) is 2. The monoisotopic (exact) mass is 209 g/mol. The van der Waals surface area contributed by atoms with Crippen LogP contribution in [0.1, 0.15) is 12.8 Å². The Morgan fingerprint density at radius 2 is 2.33 bits per heavy atom. The highest BCUT2D eigenvalue weighted by molar-refractivity contribution is 5.81. The maximum Gasteiger partial charge on any atom is 0.310 e. The molecular weight excluding hydrogens is 194 g/mol.